The molecule has 0 radical (unpaired) electrons. The summed E-state index contributed by atoms with van der Waals surface area (Å²) in [7, 11) is 1.76. The molecule has 0 amide bonds. The number of ether oxygens (including phenoxy) is 1. The van der Waals surface area contributed by atoms with Crippen molar-refractivity contribution in [3.8, 4) is 0 Å². The van der Waals surface area contributed by atoms with Crippen molar-refractivity contribution in [3.63, 3.8) is 0 Å². The highest BCUT2D eigenvalue weighted by molar-refractivity contribution is 4.78. The Labute approximate surface area is 113 Å². The van der Waals surface area contributed by atoms with Crippen molar-refractivity contribution in [1.29, 1.82) is 0 Å². The Morgan fingerprint density at radius 2 is 2.00 bits per heavy atom. The molecule has 0 aromatic heterocycles. The van der Waals surface area contributed by atoms with E-state index < -0.39 is 0 Å². The van der Waals surface area contributed by atoms with E-state index in [1.165, 1.54) is 25.7 Å². The minimum atomic E-state index is -0.0957. The molecule has 3 heteroatoms. The van der Waals surface area contributed by atoms with E-state index in [1.54, 1.807) is 7.11 Å². The van der Waals surface area contributed by atoms with Gasteiger partial charge in [0.25, 0.3) is 0 Å². The molecule has 1 rings (SSSR count). The fraction of sp³-hybridized carbons (Fsp3) is 1.00. The molecule has 1 fully saturated rings. The highest BCUT2D eigenvalue weighted by Gasteiger charge is 2.25. The van der Waals surface area contributed by atoms with Gasteiger partial charge in [0.05, 0.1) is 12.7 Å². The molecule has 3 unspecified atom stereocenters. The Balaban J connectivity index is 2.50. The van der Waals surface area contributed by atoms with E-state index in [1.807, 2.05) is 0 Å². The molecule has 0 heterocycles. The molecule has 1 aliphatic rings. The summed E-state index contributed by atoms with van der Waals surface area (Å²) in [6.07, 6.45) is 6.99. The molecular formula is C15H31NO2. The van der Waals surface area contributed by atoms with E-state index in [4.69, 9.17) is 4.74 Å². The fourth-order valence-electron chi connectivity index (χ4n) is 2.84. The molecule has 18 heavy (non-hydrogen) atoms. The van der Waals surface area contributed by atoms with E-state index in [0.29, 0.717) is 12.0 Å². The van der Waals surface area contributed by atoms with E-state index in [0.717, 1.165) is 32.5 Å². The summed E-state index contributed by atoms with van der Waals surface area (Å²) in [6.45, 7) is 7.30. The number of rotatable bonds is 7. The van der Waals surface area contributed by atoms with Crippen LogP contribution in [-0.2, 0) is 4.74 Å². The standard InChI is InChI=1S/C15H31NO2/c1-4-13(2)16(10-11-18-3)12-14-8-6-5-7-9-15(14)17/h13-15,17H,4-12H2,1-3H3. The third kappa shape index (κ3) is 5.25. The molecule has 0 aromatic rings. The smallest absolute Gasteiger partial charge is 0.0589 e. The van der Waals surface area contributed by atoms with Gasteiger partial charge in [0.1, 0.15) is 0 Å². The van der Waals surface area contributed by atoms with Crippen molar-refractivity contribution in [2.75, 3.05) is 26.8 Å². The van der Waals surface area contributed by atoms with Gasteiger partial charge in [-0.3, -0.25) is 4.90 Å². The molecule has 3 nitrogen and oxygen atoms in total. The van der Waals surface area contributed by atoms with Gasteiger partial charge in [-0.25, -0.2) is 0 Å². The van der Waals surface area contributed by atoms with Gasteiger partial charge in [0, 0.05) is 26.2 Å². The predicted octanol–water partition coefficient (Wildman–Crippen LogP) is 2.67. The van der Waals surface area contributed by atoms with Crippen molar-refractivity contribution in [2.24, 2.45) is 5.92 Å². The summed E-state index contributed by atoms with van der Waals surface area (Å²) < 4.78 is 5.20. The monoisotopic (exact) mass is 257 g/mol. The lowest BCUT2D eigenvalue weighted by molar-refractivity contribution is 0.0498. The first-order valence-corrected chi connectivity index (χ1v) is 7.60. The summed E-state index contributed by atoms with van der Waals surface area (Å²) in [5, 5.41) is 10.2. The maximum absolute atomic E-state index is 10.2. The SMILES string of the molecule is CCC(C)N(CCOC)CC1CCCCCC1O. The van der Waals surface area contributed by atoms with Gasteiger partial charge in [-0.15, -0.1) is 0 Å². The molecular weight excluding hydrogens is 226 g/mol. The van der Waals surface area contributed by atoms with Crippen molar-refractivity contribution in [1.82, 2.24) is 4.90 Å². The van der Waals surface area contributed by atoms with Crippen LogP contribution < -0.4 is 0 Å². The fourth-order valence-corrected chi connectivity index (χ4v) is 2.84. The first kappa shape index (κ1) is 15.9. The van der Waals surface area contributed by atoms with Gasteiger partial charge < -0.3 is 9.84 Å². The van der Waals surface area contributed by atoms with Crippen LogP contribution in [0.15, 0.2) is 0 Å². The summed E-state index contributed by atoms with van der Waals surface area (Å²) >= 11 is 0. The first-order valence-electron chi connectivity index (χ1n) is 7.60. The normalized spacial score (nSPS) is 27.2. The van der Waals surface area contributed by atoms with E-state index in [-0.39, 0.29) is 6.10 Å². The van der Waals surface area contributed by atoms with Crippen LogP contribution in [0.25, 0.3) is 0 Å². The molecule has 3 atom stereocenters. The van der Waals surface area contributed by atoms with Crippen LogP contribution in [0.1, 0.15) is 52.4 Å². The van der Waals surface area contributed by atoms with Gasteiger partial charge >= 0.3 is 0 Å². The van der Waals surface area contributed by atoms with E-state index >= 15 is 0 Å². The Bertz CT molecular complexity index is 211. The Morgan fingerprint density at radius 3 is 2.67 bits per heavy atom. The summed E-state index contributed by atoms with van der Waals surface area (Å²) in [5.41, 5.74) is 0. The second kappa shape index (κ2) is 8.89. The van der Waals surface area contributed by atoms with E-state index in [9.17, 15) is 5.11 Å². The highest BCUT2D eigenvalue weighted by Crippen LogP contribution is 2.25. The summed E-state index contributed by atoms with van der Waals surface area (Å²) in [5.74, 6) is 0.457. The lowest BCUT2D eigenvalue weighted by atomic mass is 9.96. The zero-order chi connectivity index (χ0) is 13.4. The summed E-state index contributed by atoms with van der Waals surface area (Å²) in [6, 6.07) is 0.579. The number of aliphatic hydroxyl groups is 1. The van der Waals surface area contributed by atoms with Crippen LogP contribution in [-0.4, -0.2) is 49.0 Å². The second-order valence-corrected chi connectivity index (χ2v) is 5.71. The predicted molar refractivity (Wildman–Crippen MR) is 75.8 cm³/mol. The molecule has 1 aliphatic carbocycles. The number of methoxy groups -OCH3 is 1. The van der Waals surface area contributed by atoms with E-state index in [2.05, 4.69) is 18.7 Å². The quantitative estimate of drug-likeness (QED) is 0.712. The van der Waals surface area contributed by atoms with Crippen LogP contribution in [0, 0.1) is 5.92 Å². The van der Waals surface area contributed by atoms with Crippen molar-refractivity contribution in [3.05, 3.63) is 0 Å². The maximum atomic E-state index is 10.2. The third-order valence-electron chi connectivity index (χ3n) is 4.38. The Kier molecular flexibility index (Phi) is 7.87. The average molecular weight is 257 g/mol. The summed E-state index contributed by atoms with van der Waals surface area (Å²) in [4.78, 5) is 2.49. The average Bonchev–Trinajstić information content (AvgIpc) is 2.58. The molecule has 0 saturated heterocycles. The molecule has 0 bridgehead atoms. The van der Waals surface area contributed by atoms with Crippen LogP contribution in [0.2, 0.25) is 0 Å². The van der Waals surface area contributed by atoms with Crippen molar-refractivity contribution < 1.29 is 9.84 Å². The zero-order valence-corrected chi connectivity index (χ0v) is 12.4. The topological polar surface area (TPSA) is 32.7 Å². The molecule has 1 N–H and O–H groups in total. The molecule has 1 saturated carbocycles. The Hall–Kier alpha value is -0.120. The lowest BCUT2D eigenvalue weighted by Crippen LogP contribution is -2.41. The molecule has 0 aliphatic heterocycles. The maximum Gasteiger partial charge on any atom is 0.0589 e. The minimum Gasteiger partial charge on any atom is -0.393 e. The van der Waals surface area contributed by atoms with Gasteiger partial charge in [0.2, 0.25) is 0 Å². The van der Waals surface area contributed by atoms with Gasteiger partial charge in [-0.1, -0.05) is 26.2 Å². The zero-order valence-electron chi connectivity index (χ0n) is 12.4. The van der Waals surface area contributed by atoms with Crippen LogP contribution in [0.4, 0.5) is 0 Å². The van der Waals surface area contributed by atoms with Gasteiger partial charge in [-0.05, 0) is 32.1 Å². The second-order valence-electron chi connectivity index (χ2n) is 5.71. The highest BCUT2D eigenvalue weighted by atomic mass is 16.5. The Morgan fingerprint density at radius 1 is 1.28 bits per heavy atom. The molecule has 0 aromatic carbocycles. The van der Waals surface area contributed by atoms with Crippen molar-refractivity contribution in [2.45, 2.75) is 64.5 Å². The number of hydrogen-bond donors (Lipinski definition) is 1. The van der Waals surface area contributed by atoms with Crippen molar-refractivity contribution >= 4 is 0 Å². The minimum absolute atomic E-state index is 0.0957. The molecule has 0 spiro atoms. The van der Waals surface area contributed by atoms with Crippen LogP contribution >= 0.6 is 0 Å². The van der Waals surface area contributed by atoms with Gasteiger partial charge in [-0.2, -0.15) is 0 Å². The number of nitrogens with zero attached hydrogens (tertiary/aromatic N) is 1. The lowest BCUT2D eigenvalue weighted by Gasteiger charge is -2.33. The first-order chi connectivity index (χ1) is 8.69. The van der Waals surface area contributed by atoms with Crippen LogP contribution in [0.3, 0.4) is 0 Å². The van der Waals surface area contributed by atoms with Crippen LogP contribution in [0.5, 0.6) is 0 Å². The number of aliphatic hydroxyl groups excluding tert-OH is 1. The third-order valence-corrected chi connectivity index (χ3v) is 4.38. The number of hydrogen-bond acceptors (Lipinski definition) is 3. The largest absolute Gasteiger partial charge is 0.393 e. The molecule has 108 valence electrons. The van der Waals surface area contributed by atoms with Gasteiger partial charge in [0.15, 0.2) is 0 Å².